The van der Waals surface area contributed by atoms with Crippen molar-refractivity contribution < 1.29 is 14.7 Å². The van der Waals surface area contributed by atoms with E-state index in [1.54, 1.807) is 20.8 Å². The summed E-state index contributed by atoms with van der Waals surface area (Å²) in [6, 6.07) is 0. The molecule has 0 saturated heterocycles. The molecule has 1 N–H and O–H groups in total. The Hall–Kier alpha value is -0.860. The van der Waals surface area contributed by atoms with Gasteiger partial charge in [-0.05, 0) is 39.5 Å². The van der Waals surface area contributed by atoms with Crippen LogP contribution in [-0.2, 0) is 9.59 Å². The summed E-state index contributed by atoms with van der Waals surface area (Å²) in [5, 5.41) is 8.92. The minimum Gasteiger partial charge on any atom is -0.481 e. The fraction of sp³-hybridized carbons (Fsp3) is 0.800. The zero-order valence-corrected chi connectivity index (χ0v) is 8.33. The lowest BCUT2D eigenvalue weighted by Gasteiger charge is -2.41. The third kappa shape index (κ3) is 1.74. The molecule has 0 spiro atoms. The summed E-state index contributed by atoms with van der Waals surface area (Å²) in [5.41, 5.74) is -0.675. The summed E-state index contributed by atoms with van der Waals surface area (Å²) in [5.74, 6) is -0.292. The first-order chi connectivity index (χ1) is 5.85. The first kappa shape index (κ1) is 10.2. The van der Waals surface area contributed by atoms with Crippen LogP contribution in [0.15, 0.2) is 0 Å². The number of rotatable bonds is 3. The summed E-state index contributed by atoms with van der Waals surface area (Å²) in [6.07, 6.45) is 1.49. The second-order valence-corrected chi connectivity index (χ2v) is 4.50. The maximum absolute atomic E-state index is 10.9. The molecule has 1 aliphatic rings. The van der Waals surface area contributed by atoms with Crippen molar-refractivity contribution in [3.63, 3.8) is 0 Å². The van der Waals surface area contributed by atoms with Crippen molar-refractivity contribution in [1.82, 2.24) is 0 Å². The van der Waals surface area contributed by atoms with Gasteiger partial charge in [0.1, 0.15) is 5.78 Å². The Balaban J connectivity index is 2.52. The molecular weight excluding hydrogens is 168 g/mol. The summed E-state index contributed by atoms with van der Waals surface area (Å²) in [7, 11) is 0. The largest absolute Gasteiger partial charge is 0.481 e. The van der Waals surface area contributed by atoms with E-state index in [0.717, 1.165) is 12.8 Å². The first-order valence-corrected chi connectivity index (χ1v) is 4.59. The molecule has 0 aromatic heterocycles. The molecule has 1 aliphatic carbocycles. The highest BCUT2D eigenvalue weighted by molar-refractivity contribution is 5.80. The van der Waals surface area contributed by atoms with Crippen molar-refractivity contribution >= 4 is 11.8 Å². The van der Waals surface area contributed by atoms with Gasteiger partial charge in [-0.25, -0.2) is 0 Å². The molecule has 0 aromatic rings. The fourth-order valence-electron chi connectivity index (χ4n) is 1.71. The van der Waals surface area contributed by atoms with Crippen LogP contribution in [-0.4, -0.2) is 16.9 Å². The van der Waals surface area contributed by atoms with Crippen molar-refractivity contribution in [3.8, 4) is 0 Å². The second-order valence-electron chi connectivity index (χ2n) is 4.50. The Morgan fingerprint density at radius 3 is 2.08 bits per heavy atom. The van der Waals surface area contributed by atoms with E-state index >= 15 is 0 Å². The SMILES string of the molecule is CC(=O)C1CC(C(C)(C)C(=O)O)C1. The van der Waals surface area contributed by atoms with E-state index < -0.39 is 11.4 Å². The third-order valence-electron chi connectivity index (χ3n) is 3.28. The molecule has 0 heterocycles. The van der Waals surface area contributed by atoms with Gasteiger partial charge in [-0.15, -0.1) is 0 Å². The van der Waals surface area contributed by atoms with Gasteiger partial charge in [-0.1, -0.05) is 0 Å². The molecule has 0 amide bonds. The molecule has 3 nitrogen and oxygen atoms in total. The highest BCUT2D eigenvalue weighted by Crippen LogP contribution is 2.45. The van der Waals surface area contributed by atoms with E-state index in [4.69, 9.17) is 5.11 Å². The molecule has 0 radical (unpaired) electrons. The predicted octanol–water partition coefficient (Wildman–Crippen LogP) is 1.71. The Morgan fingerprint density at radius 2 is 1.77 bits per heavy atom. The lowest BCUT2D eigenvalue weighted by molar-refractivity contribution is -0.155. The molecule has 1 rings (SSSR count). The van der Waals surface area contributed by atoms with E-state index in [2.05, 4.69) is 0 Å². The van der Waals surface area contributed by atoms with E-state index in [1.165, 1.54) is 0 Å². The Labute approximate surface area is 78.1 Å². The van der Waals surface area contributed by atoms with Gasteiger partial charge in [0, 0.05) is 5.92 Å². The standard InChI is InChI=1S/C10H16O3/c1-6(11)7-4-8(5-7)10(2,3)9(12)13/h7-8H,4-5H2,1-3H3,(H,12,13). The summed E-state index contributed by atoms with van der Waals surface area (Å²) < 4.78 is 0. The number of hydrogen-bond donors (Lipinski definition) is 1. The molecule has 0 aliphatic heterocycles. The van der Waals surface area contributed by atoms with E-state index in [0.29, 0.717) is 0 Å². The quantitative estimate of drug-likeness (QED) is 0.726. The summed E-state index contributed by atoms with van der Waals surface area (Å²) in [6.45, 7) is 5.04. The monoisotopic (exact) mass is 184 g/mol. The first-order valence-electron chi connectivity index (χ1n) is 4.59. The average molecular weight is 184 g/mol. The number of Topliss-reactive ketones (excluding diaryl/α,β-unsaturated/α-hetero) is 1. The summed E-state index contributed by atoms with van der Waals surface area (Å²) in [4.78, 5) is 21.8. The molecule has 13 heavy (non-hydrogen) atoms. The van der Waals surface area contributed by atoms with Crippen LogP contribution < -0.4 is 0 Å². The van der Waals surface area contributed by atoms with Crippen molar-refractivity contribution in [2.45, 2.75) is 33.6 Å². The zero-order valence-electron chi connectivity index (χ0n) is 8.33. The van der Waals surface area contributed by atoms with Crippen LogP contribution in [0.3, 0.4) is 0 Å². The third-order valence-corrected chi connectivity index (χ3v) is 3.28. The molecule has 1 fully saturated rings. The molecule has 0 aromatic carbocycles. The number of carbonyl (C=O) groups excluding carboxylic acids is 1. The number of carboxylic acid groups (broad SMARTS) is 1. The van der Waals surface area contributed by atoms with Crippen LogP contribution in [0, 0.1) is 17.3 Å². The highest BCUT2D eigenvalue weighted by atomic mass is 16.4. The minimum atomic E-state index is -0.764. The van der Waals surface area contributed by atoms with Crippen LogP contribution in [0.4, 0.5) is 0 Å². The van der Waals surface area contributed by atoms with Crippen molar-refractivity contribution in [2.75, 3.05) is 0 Å². The van der Waals surface area contributed by atoms with Gasteiger partial charge in [-0.3, -0.25) is 9.59 Å². The van der Waals surface area contributed by atoms with Crippen LogP contribution in [0.1, 0.15) is 33.6 Å². The maximum Gasteiger partial charge on any atom is 0.309 e. The second kappa shape index (κ2) is 3.13. The van der Waals surface area contributed by atoms with Gasteiger partial charge in [-0.2, -0.15) is 0 Å². The van der Waals surface area contributed by atoms with Crippen LogP contribution >= 0.6 is 0 Å². The van der Waals surface area contributed by atoms with Gasteiger partial charge >= 0.3 is 5.97 Å². The number of aliphatic carboxylic acids is 1. The molecular formula is C10H16O3. The summed E-state index contributed by atoms with van der Waals surface area (Å²) >= 11 is 0. The Morgan fingerprint density at radius 1 is 1.31 bits per heavy atom. The van der Waals surface area contributed by atoms with Gasteiger partial charge in [0.2, 0.25) is 0 Å². The maximum atomic E-state index is 10.9. The van der Waals surface area contributed by atoms with Crippen LogP contribution in [0.5, 0.6) is 0 Å². The van der Waals surface area contributed by atoms with Gasteiger partial charge in [0.05, 0.1) is 5.41 Å². The van der Waals surface area contributed by atoms with Gasteiger partial charge in [0.25, 0.3) is 0 Å². The fourth-order valence-corrected chi connectivity index (χ4v) is 1.71. The van der Waals surface area contributed by atoms with Gasteiger partial charge < -0.3 is 5.11 Å². The van der Waals surface area contributed by atoms with Crippen LogP contribution in [0.25, 0.3) is 0 Å². The highest BCUT2D eigenvalue weighted by Gasteiger charge is 2.45. The van der Waals surface area contributed by atoms with Gasteiger partial charge in [0.15, 0.2) is 0 Å². The topological polar surface area (TPSA) is 54.4 Å². The lowest BCUT2D eigenvalue weighted by Crippen LogP contribution is -2.42. The molecule has 1 saturated carbocycles. The molecule has 0 bridgehead atoms. The Kier molecular flexibility index (Phi) is 2.46. The number of carboxylic acids is 1. The number of ketones is 1. The van der Waals surface area contributed by atoms with E-state index in [9.17, 15) is 9.59 Å². The van der Waals surface area contributed by atoms with Crippen molar-refractivity contribution in [2.24, 2.45) is 17.3 Å². The molecule has 3 heteroatoms. The smallest absolute Gasteiger partial charge is 0.309 e. The Bertz CT molecular complexity index is 237. The van der Waals surface area contributed by atoms with E-state index in [1.807, 2.05) is 0 Å². The van der Waals surface area contributed by atoms with Crippen LogP contribution in [0.2, 0.25) is 0 Å². The van der Waals surface area contributed by atoms with Crippen molar-refractivity contribution in [3.05, 3.63) is 0 Å². The minimum absolute atomic E-state index is 0.114. The normalized spacial score (nSPS) is 27.9. The molecule has 0 atom stereocenters. The average Bonchev–Trinajstić information content (AvgIpc) is 1.80. The lowest BCUT2D eigenvalue weighted by atomic mass is 9.61. The van der Waals surface area contributed by atoms with E-state index in [-0.39, 0.29) is 17.6 Å². The molecule has 74 valence electrons. The molecule has 0 unspecified atom stereocenters. The van der Waals surface area contributed by atoms with Crippen molar-refractivity contribution in [1.29, 1.82) is 0 Å². The predicted molar refractivity (Wildman–Crippen MR) is 48.3 cm³/mol. The number of carbonyl (C=O) groups is 2. The zero-order chi connectivity index (χ0) is 10.2. The number of hydrogen-bond acceptors (Lipinski definition) is 2.